The van der Waals surface area contributed by atoms with Crippen LogP contribution in [0.1, 0.15) is 10.4 Å². The third-order valence-corrected chi connectivity index (χ3v) is 3.17. The molecule has 2 aromatic rings. The molecule has 2 rings (SSSR count). The van der Waals surface area contributed by atoms with Crippen LogP contribution in [0, 0.1) is 11.6 Å². The quantitative estimate of drug-likeness (QED) is 0.824. The Morgan fingerprint density at radius 1 is 1.16 bits per heavy atom. The highest BCUT2D eigenvalue weighted by Crippen LogP contribution is 2.33. The molecular weight excluding hydrogens is 322 g/mol. The number of phenols is 1. The summed E-state index contributed by atoms with van der Waals surface area (Å²) in [5.74, 6) is -3.49. The van der Waals surface area contributed by atoms with E-state index < -0.39 is 28.9 Å². The van der Waals surface area contributed by atoms with Crippen LogP contribution in [0.4, 0.5) is 8.78 Å². The van der Waals surface area contributed by atoms with Crippen molar-refractivity contribution < 1.29 is 23.8 Å². The van der Waals surface area contributed by atoms with Crippen LogP contribution in [0.5, 0.6) is 5.75 Å². The zero-order valence-corrected chi connectivity index (χ0v) is 10.9. The highest BCUT2D eigenvalue weighted by atomic mass is 79.9. The van der Waals surface area contributed by atoms with Crippen molar-refractivity contribution >= 4 is 21.9 Å². The highest BCUT2D eigenvalue weighted by Gasteiger charge is 2.17. The summed E-state index contributed by atoms with van der Waals surface area (Å²) in [5, 5.41) is 18.2. The number of hydrogen-bond acceptors (Lipinski definition) is 2. The van der Waals surface area contributed by atoms with Gasteiger partial charge in [-0.15, -0.1) is 0 Å². The van der Waals surface area contributed by atoms with Crippen LogP contribution in [-0.2, 0) is 0 Å². The predicted molar refractivity (Wildman–Crippen MR) is 68.1 cm³/mol. The smallest absolute Gasteiger partial charge is 0.339 e. The van der Waals surface area contributed by atoms with Crippen LogP contribution >= 0.6 is 15.9 Å². The van der Waals surface area contributed by atoms with Gasteiger partial charge in [0.15, 0.2) is 0 Å². The maximum Gasteiger partial charge on any atom is 0.339 e. The summed E-state index contributed by atoms with van der Waals surface area (Å²) >= 11 is 2.93. The van der Waals surface area contributed by atoms with Gasteiger partial charge in [0.25, 0.3) is 0 Å². The Bertz CT molecular complexity index is 671. The van der Waals surface area contributed by atoms with E-state index in [1.807, 2.05) is 0 Å². The molecule has 0 saturated carbocycles. The number of aromatic hydroxyl groups is 1. The van der Waals surface area contributed by atoms with Crippen LogP contribution < -0.4 is 0 Å². The van der Waals surface area contributed by atoms with Crippen molar-refractivity contribution in [3.05, 3.63) is 52.0 Å². The summed E-state index contributed by atoms with van der Waals surface area (Å²) in [6.07, 6.45) is 0. The zero-order valence-electron chi connectivity index (χ0n) is 9.32. The first-order valence-electron chi connectivity index (χ1n) is 5.12. The summed E-state index contributed by atoms with van der Waals surface area (Å²) < 4.78 is 27.6. The monoisotopic (exact) mass is 328 g/mol. The number of halogens is 3. The molecule has 0 aromatic heterocycles. The first kappa shape index (κ1) is 13.5. The van der Waals surface area contributed by atoms with E-state index in [1.165, 1.54) is 12.1 Å². The van der Waals surface area contributed by atoms with Crippen molar-refractivity contribution in [2.45, 2.75) is 0 Å². The topological polar surface area (TPSA) is 57.5 Å². The number of hydrogen-bond donors (Lipinski definition) is 2. The molecule has 0 amide bonds. The minimum atomic E-state index is -1.38. The van der Waals surface area contributed by atoms with Gasteiger partial charge in [-0.2, -0.15) is 0 Å². The Morgan fingerprint density at radius 2 is 1.84 bits per heavy atom. The molecule has 0 heterocycles. The average Bonchev–Trinajstić information content (AvgIpc) is 2.36. The fourth-order valence-corrected chi connectivity index (χ4v) is 1.98. The zero-order chi connectivity index (χ0) is 14.2. The number of aromatic carboxylic acids is 1. The highest BCUT2D eigenvalue weighted by molar-refractivity contribution is 9.10. The van der Waals surface area contributed by atoms with Gasteiger partial charge in [0.05, 0.1) is 10.0 Å². The molecular formula is C13H7BrF2O3. The summed E-state index contributed by atoms with van der Waals surface area (Å²) in [7, 11) is 0. The molecule has 0 radical (unpaired) electrons. The number of carboxylic acids is 1. The second-order valence-corrected chi connectivity index (χ2v) is 4.61. The lowest BCUT2D eigenvalue weighted by Crippen LogP contribution is -1.98. The predicted octanol–water partition coefficient (Wildman–Crippen LogP) is 3.80. The van der Waals surface area contributed by atoms with Crippen molar-refractivity contribution in [1.82, 2.24) is 0 Å². The van der Waals surface area contributed by atoms with E-state index in [9.17, 15) is 18.7 Å². The summed E-state index contributed by atoms with van der Waals surface area (Å²) in [4.78, 5) is 10.9. The maximum absolute atomic E-state index is 13.9. The van der Waals surface area contributed by atoms with E-state index in [-0.39, 0.29) is 15.6 Å². The molecule has 0 spiro atoms. The van der Waals surface area contributed by atoms with Gasteiger partial charge in [0, 0.05) is 0 Å². The van der Waals surface area contributed by atoms with Crippen molar-refractivity contribution in [2.24, 2.45) is 0 Å². The van der Waals surface area contributed by atoms with E-state index in [2.05, 4.69) is 15.9 Å². The third kappa shape index (κ3) is 2.44. The molecule has 2 aromatic carbocycles. The molecule has 3 nitrogen and oxygen atoms in total. The largest absolute Gasteiger partial charge is 0.507 e. The van der Waals surface area contributed by atoms with Gasteiger partial charge in [0.2, 0.25) is 0 Å². The van der Waals surface area contributed by atoms with E-state index in [0.717, 1.165) is 18.2 Å². The number of benzene rings is 2. The lowest BCUT2D eigenvalue weighted by molar-refractivity contribution is 0.0694. The molecule has 19 heavy (non-hydrogen) atoms. The molecule has 0 bridgehead atoms. The summed E-state index contributed by atoms with van der Waals surface area (Å²) in [6.45, 7) is 0. The Morgan fingerprint density at radius 3 is 2.47 bits per heavy atom. The Hall–Kier alpha value is -1.95. The summed E-state index contributed by atoms with van der Waals surface area (Å²) in [5.41, 5.74) is -0.736. The molecule has 0 aliphatic heterocycles. The Labute approximate surface area is 115 Å². The number of carbonyl (C=O) groups is 1. The molecule has 0 atom stereocenters. The Balaban J connectivity index is 2.70. The second kappa shape index (κ2) is 4.97. The lowest BCUT2D eigenvalue weighted by Gasteiger charge is -2.08. The van der Waals surface area contributed by atoms with Crippen LogP contribution in [0.15, 0.2) is 34.8 Å². The molecule has 6 heteroatoms. The van der Waals surface area contributed by atoms with E-state index >= 15 is 0 Å². The van der Waals surface area contributed by atoms with Gasteiger partial charge < -0.3 is 10.2 Å². The second-order valence-electron chi connectivity index (χ2n) is 3.76. The normalized spacial score (nSPS) is 10.5. The van der Waals surface area contributed by atoms with Crippen LogP contribution in [0.2, 0.25) is 0 Å². The SMILES string of the molecule is O=C(O)c1cc(-c2c(F)ccc(Br)c2F)ccc1O. The van der Waals surface area contributed by atoms with Crippen molar-refractivity contribution in [3.8, 4) is 16.9 Å². The standard InChI is InChI=1S/C13H7BrF2O3/c14-8-2-3-9(15)11(12(8)16)6-1-4-10(17)7(5-6)13(18)19/h1-5,17H,(H,18,19). The summed E-state index contributed by atoms with van der Waals surface area (Å²) in [6, 6.07) is 5.63. The van der Waals surface area contributed by atoms with E-state index in [4.69, 9.17) is 5.11 Å². The van der Waals surface area contributed by atoms with E-state index in [1.54, 1.807) is 0 Å². The molecule has 0 aliphatic carbocycles. The van der Waals surface area contributed by atoms with Gasteiger partial charge in [-0.05, 0) is 45.8 Å². The van der Waals surface area contributed by atoms with Gasteiger partial charge >= 0.3 is 5.97 Å². The fraction of sp³-hybridized carbons (Fsp3) is 0. The first-order chi connectivity index (χ1) is 8.91. The van der Waals surface area contributed by atoms with Crippen molar-refractivity contribution in [1.29, 1.82) is 0 Å². The van der Waals surface area contributed by atoms with E-state index in [0.29, 0.717) is 0 Å². The average molecular weight is 329 g/mol. The third-order valence-electron chi connectivity index (χ3n) is 2.56. The molecule has 0 fully saturated rings. The fourth-order valence-electron chi connectivity index (χ4n) is 1.65. The lowest BCUT2D eigenvalue weighted by atomic mass is 10.0. The van der Waals surface area contributed by atoms with Gasteiger partial charge in [-0.1, -0.05) is 6.07 Å². The number of carboxylic acid groups (broad SMARTS) is 1. The van der Waals surface area contributed by atoms with Crippen LogP contribution in [0.25, 0.3) is 11.1 Å². The minimum absolute atomic E-state index is 0.0338. The number of rotatable bonds is 2. The first-order valence-corrected chi connectivity index (χ1v) is 5.91. The van der Waals surface area contributed by atoms with Crippen molar-refractivity contribution in [3.63, 3.8) is 0 Å². The van der Waals surface area contributed by atoms with Crippen LogP contribution in [0.3, 0.4) is 0 Å². The molecule has 2 N–H and O–H groups in total. The van der Waals surface area contributed by atoms with Gasteiger partial charge in [-0.3, -0.25) is 0 Å². The van der Waals surface area contributed by atoms with Crippen LogP contribution in [-0.4, -0.2) is 16.2 Å². The Kier molecular flexibility index (Phi) is 3.53. The van der Waals surface area contributed by atoms with Gasteiger partial charge in [-0.25, -0.2) is 13.6 Å². The van der Waals surface area contributed by atoms with Gasteiger partial charge in [0.1, 0.15) is 22.9 Å². The molecule has 0 aliphatic rings. The maximum atomic E-state index is 13.9. The molecule has 0 saturated heterocycles. The van der Waals surface area contributed by atoms with Crippen molar-refractivity contribution in [2.75, 3.05) is 0 Å². The molecule has 98 valence electrons. The molecule has 0 unspecified atom stereocenters. The minimum Gasteiger partial charge on any atom is -0.507 e.